The first-order chi connectivity index (χ1) is 16.3. The summed E-state index contributed by atoms with van der Waals surface area (Å²) in [7, 11) is 0. The number of nitrogens with one attached hydrogen (secondary N) is 2. The summed E-state index contributed by atoms with van der Waals surface area (Å²) in [6.07, 6.45) is 2.60. The zero-order valence-electron chi connectivity index (χ0n) is 20.3. The molecular formula is C28H35N3O3. The van der Waals surface area contributed by atoms with Crippen LogP contribution in [0, 0.1) is 0 Å². The molecule has 0 bridgehead atoms. The number of carbonyl (C=O) groups is 2. The first kappa shape index (κ1) is 25.1. The van der Waals surface area contributed by atoms with Crippen LogP contribution < -0.4 is 10.6 Å². The average Bonchev–Trinajstić information content (AvgIpc) is 3.33. The van der Waals surface area contributed by atoms with Crippen molar-refractivity contribution in [3.05, 3.63) is 95.9 Å². The highest BCUT2D eigenvalue weighted by Gasteiger charge is 2.21. The highest BCUT2D eigenvalue weighted by molar-refractivity contribution is 5.78. The molecule has 0 unspecified atom stereocenters. The molecule has 3 aromatic rings. The Bertz CT molecular complexity index is 973. The number of urea groups is 1. The van der Waals surface area contributed by atoms with E-state index in [1.165, 1.54) is 11.1 Å². The van der Waals surface area contributed by atoms with Crippen molar-refractivity contribution >= 4 is 11.9 Å². The molecular weight excluding hydrogens is 426 g/mol. The average molecular weight is 462 g/mol. The highest BCUT2D eigenvalue weighted by Crippen LogP contribution is 2.27. The molecule has 2 N–H and O–H groups in total. The van der Waals surface area contributed by atoms with Gasteiger partial charge >= 0.3 is 6.03 Å². The largest absolute Gasteiger partial charge is 0.467 e. The Hall–Kier alpha value is -3.54. The lowest BCUT2D eigenvalue weighted by molar-refractivity contribution is -0.121. The van der Waals surface area contributed by atoms with Gasteiger partial charge in [-0.05, 0) is 50.5 Å². The van der Waals surface area contributed by atoms with Crippen molar-refractivity contribution in [2.24, 2.45) is 0 Å². The third-order valence-electron chi connectivity index (χ3n) is 5.46. The number of rotatable bonds is 10. The Labute approximate surface area is 202 Å². The maximum atomic E-state index is 12.8. The summed E-state index contributed by atoms with van der Waals surface area (Å²) in [6, 6.07) is 24.1. The molecule has 34 heavy (non-hydrogen) atoms. The first-order valence-corrected chi connectivity index (χ1v) is 11.8. The number of hydrogen-bond donors (Lipinski definition) is 2. The molecule has 3 amide bonds. The summed E-state index contributed by atoms with van der Waals surface area (Å²) in [6.45, 7) is 6.96. The molecule has 0 fully saturated rings. The fourth-order valence-corrected chi connectivity index (χ4v) is 3.82. The zero-order valence-corrected chi connectivity index (χ0v) is 20.3. The molecule has 6 nitrogen and oxygen atoms in total. The van der Waals surface area contributed by atoms with Gasteiger partial charge in [0.1, 0.15) is 5.76 Å². The van der Waals surface area contributed by atoms with E-state index in [2.05, 4.69) is 34.9 Å². The summed E-state index contributed by atoms with van der Waals surface area (Å²) in [5.74, 6) is 0.807. The SMILES string of the molecule is CC(C)(C)NC(=O)N(CCC(=O)NCCC(c1ccccc1)c1ccccc1)Cc1ccco1. The van der Waals surface area contributed by atoms with E-state index in [0.29, 0.717) is 25.4 Å². The predicted octanol–water partition coefficient (Wildman–Crippen LogP) is 5.32. The Balaban J connectivity index is 1.55. The van der Waals surface area contributed by atoms with Crippen LogP contribution in [0.15, 0.2) is 83.5 Å². The van der Waals surface area contributed by atoms with E-state index < -0.39 is 0 Å². The van der Waals surface area contributed by atoms with E-state index in [9.17, 15) is 9.59 Å². The smallest absolute Gasteiger partial charge is 0.318 e. The quantitative estimate of drug-likeness (QED) is 0.429. The van der Waals surface area contributed by atoms with Crippen molar-refractivity contribution in [2.75, 3.05) is 13.1 Å². The van der Waals surface area contributed by atoms with Gasteiger partial charge in [0.05, 0.1) is 12.8 Å². The van der Waals surface area contributed by atoms with Gasteiger partial charge in [0, 0.05) is 31.0 Å². The summed E-state index contributed by atoms with van der Waals surface area (Å²) in [4.78, 5) is 27.0. The van der Waals surface area contributed by atoms with E-state index in [4.69, 9.17) is 4.42 Å². The summed E-state index contributed by atoms with van der Waals surface area (Å²) >= 11 is 0. The molecule has 0 saturated heterocycles. The van der Waals surface area contributed by atoms with E-state index >= 15 is 0 Å². The van der Waals surface area contributed by atoms with Crippen molar-refractivity contribution in [1.29, 1.82) is 0 Å². The van der Waals surface area contributed by atoms with Crippen LogP contribution in [-0.2, 0) is 11.3 Å². The van der Waals surface area contributed by atoms with Crippen molar-refractivity contribution < 1.29 is 14.0 Å². The molecule has 0 spiro atoms. The van der Waals surface area contributed by atoms with Crippen LogP contribution in [-0.4, -0.2) is 35.5 Å². The lowest BCUT2D eigenvalue weighted by Crippen LogP contribution is -2.49. The van der Waals surface area contributed by atoms with Crippen molar-refractivity contribution in [1.82, 2.24) is 15.5 Å². The fraction of sp³-hybridized carbons (Fsp3) is 0.357. The Morgan fingerprint density at radius 2 is 1.53 bits per heavy atom. The molecule has 6 heteroatoms. The van der Waals surface area contributed by atoms with Gasteiger partial charge in [-0.1, -0.05) is 60.7 Å². The number of nitrogens with zero attached hydrogens (tertiary/aromatic N) is 1. The third-order valence-corrected chi connectivity index (χ3v) is 5.46. The van der Waals surface area contributed by atoms with E-state index in [-0.39, 0.29) is 29.8 Å². The third kappa shape index (κ3) is 8.10. The summed E-state index contributed by atoms with van der Waals surface area (Å²) in [5, 5.41) is 6.00. The zero-order chi connectivity index (χ0) is 24.4. The van der Waals surface area contributed by atoms with Gasteiger partial charge in [0.2, 0.25) is 5.91 Å². The van der Waals surface area contributed by atoms with Gasteiger partial charge in [-0.25, -0.2) is 4.79 Å². The van der Waals surface area contributed by atoms with Gasteiger partial charge in [0.25, 0.3) is 0 Å². The number of hydrogen-bond acceptors (Lipinski definition) is 3. The fourth-order valence-electron chi connectivity index (χ4n) is 3.82. The van der Waals surface area contributed by atoms with Gasteiger partial charge in [0.15, 0.2) is 0 Å². The maximum absolute atomic E-state index is 12.8. The second-order valence-corrected chi connectivity index (χ2v) is 9.44. The minimum Gasteiger partial charge on any atom is -0.467 e. The number of amides is 3. The Kier molecular flexibility index (Phi) is 8.91. The molecule has 0 atom stereocenters. The normalized spacial score (nSPS) is 11.3. The van der Waals surface area contributed by atoms with Crippen LogP contribution in [0.1, 0.15) is 56.4 Å². The molecule has 1 heterocycles. The molecule has 2 aromatic carbocycles. The van der Waals surface area contributed by atoms with Gasteiger partial charge < -0.3 is 20.0 Å². The molecule has 3 rings (SSSR count). The second-order valence-electron chi connectivity index (χ2n) is 9.44. The topological polar surface area (TPSA) is 74.6 Å². The van der Waals surface area contributed by atoms with Gasteiger partial charge in [-0.3, -0.25) is 4.79 Å². The molecule has 0 aliphatic carbocycles. The van der Waals surface area contributed by atoms with E-state index in [1.807, 2.05) is 63.2 Å². The second kappa shape index (κ2) is 12.1. The molecule has 0 aliphatic rings. The van der Waals surface area contributed by atoms with Crippen LogP contribution in [0.2, 0.25) is 0 Å². The number of benzene rings is 2. The lowest BCUT2D eigenvalue weighted by atomic mass is 9.88. The first-order valence-electron chi connectivity index (χ1n) is 11.8. The van der Waals surface area contributed by atoms with Crippen molar-refractivity contribution in [2.45, 2.75) is 51.6 Å². The van der Waals surface area contributed by atoms with Gasteiger partial charge in [-0.15, -0.1) is 0 Å². The monoisotopic (exact) mass is 461 g/mol. The molecule has 180 valence electrons. The van der Waals surface area contributed by atoms with Crippen molar-refractivity contribution in [3.8, 4) is 0 Å². The molecule has 1 aromatic heterocycles. The van der Waals surface area contributed by atoms with E-state index in [0.717, 1.165) is 6.42 Å². The lowest BCUT2D eigenvalue weighted by Gasteiger charge is -2.28. The van der Waals surface area contributed by atoms with Crippen LogP contribution >= 0.6 is 0 Å². The van der Waals surface area contributed by atoms with Crippen LogP contribution in [0.3, 0.4) is 0 Å². The van der Waals surface area contributed by atoms with E-state index in [1.54, 1.807) is 17.2 Å². The van der Waals surface area contributed by atoms with Gasteiger partial charge in [-0.2, -0.15) is 0 Å². The highest BCUT2D eigenvalue weighted by atomic mass is 16.3. The van der Waals surface area contributed by atoms with Crippen LogP contribution in [0.5, 0.6) is 0 Å². The Morgan fingerprint density at radius 3 is 2.06 bits per heavy atom. The standard InChI is InChI=1S/C28H35N3O3/c1-28(2,3)30-27(33)31(21-24-15-10-20-34-24)19-17-26(32)29-18-16-25(22-11-6-4-7-12-22)23-13-8-5-9-14-23/h4-15,20,25H,16-19,21H2,1-3H3,(H,29,32)(H,30,33). The predicted molar refractivity (Wildman–Crippen MR) is 134 cm³/mol. The maximum Gasteiger partial charge on any atom is 0.318 e. The number of carbonyl (C=O) groups excluding carboxylic acids is 2. The summed E-state index contributed by atoms with van der Waals surface area (Å²) in [5.41, 5.74) is 2.09. The molecule has 0 radical (unpaired) electrons. The van der Waals surface area contributed by atoms with Crippen LogP contribution in [0.4, 0.5) is 4.79 Å². The molecule has 0 saturated carbocycles. The minimum absolute atomic E-state index is 0.0760. The van der Waals surface area contributed by atoms with Crippen LogP contribution in [0.25, 0.3) is 0 Å². The number of furan rings is 1. The molecule has 0 aliphatic heterocycles. The Morgan fingerprint density at radius 1 is 0.912 bits per heavy atom. The summed E-state index contributed by atoms with van der Waals surface area (Å²) < 4.78 is 5.40. The van der Waals surface area contributed by atoms with Crippen molar-refractivity contribution in [3.63, 3.8) is 0 Å². The minimum atomic E-state index is -0.370.